The van der Waals surface area contributed by atoms with Gasteiger partial charge in [0.25, 0.3) is 0 Å². The number of unbranched alkanes of at least 4 members (excludes halogenated alkanes) is 3. The third-order valence-corrected chi connectivity index (χ3v) is 4.50. The summed E-state index contributed by atoms with van der Waals surface area (Å²) < 4.78 is 1.43. The number of aryl methyl sites for hydroxylation is 1. The minimum absolute atomic E-state index is 0.622. The summed E-state index contributed by atoms with van der Waals surface area (Å²) in [7, 11) is 0. The second kappa shape index (κ2) is 7.66. The third kappa shape index (κ3) is 4.63. The van der Waals surface area contributed by atoms with Crippen molar-refractivity contribution in [1.29, 1.82) is 0 Å². The van der Waals surface area contributed by atoms with Crippen LogP contribution in [0.15, 0.2) is 29.6 Å². The van der Waals surface area contributed by atoms with Crippen molar-refractivity contribution in [3.8, 4) is 0 Å². The molecule has 0 unspecified atom stereocenters. The number of hydrogen-bond donors (Lipinski definition) is 1. The zero-order chi connectivity index (χ0) is 13.5. The van der Waals surface area contributed by atoms with Crippen LogP contribution in [0.25, 0.3) is 10.1 Å². The molecule has 0 atom stereocenters. The van der Waals surface area contributed by atoms with E-state index in [0.29, 0.717) is 6.04 Å². The molecule has 2 rings (SSSR count). The lowest BCUT2D eigenvalue weighted by atomic mass is 10.1. The Labute approximate surface area is 121 Å². The Bertz CT molecular complexity index is 487. The quantitative estimate of drug-likeness (QED) is 0.668. The zero-order valence-electron chi connectivity index (χ0n) is 12.1. The highest BCUT2D eigenvalue weighted by Gasteiger charge is 2.02. The van der Waals surface area contributed by atoms with Gasteiger partial charge in [-0.05, 0) is 48.2 Å². The van der Waals surface area contributed by atoms with E-state index in [1.54, 1.807) is 5.56 Å². The van der Waals surface area contributed by atoms with Crippen LogP contribution < -0.4 is 5.32 Å². The standard InChI is InChI=1S/C17H25NS/c1-14(2)18-12-8-4-3-5-9-15-13-19-17-11-7-6-10-16(15)17/h6-7,10-11,13-14,18H,3-5,8-9,12H2,1-2H3. The Kier molecular flexibility index (Phi) is 5.87. The van der Waals surface area contributed by atoms with Gasteiger partial charge in [-0.2, -0.15) is 0 Å². The van der Waals surface area contributed by atoms with Crippen LogP contribution in [0.4, 0.5) is 0 Å². The summed E-state index contributed by atoms with van der Waals surface area (Å²) in [6.07, 6.45) is 6.57. The first-order valence-corrected chi connectivity index (χ1v) is 8.34. The molecule has 1 aromatic carbocycles. The van der Waals surface area contributed by atoms with E-state index < -0.39 is 0 Å². The van der Waals surface area contributed by atoms with Crippen molar-refractivity contribution in [3.05, 3.63) is 35.2 Å². The third-order valence-electron chi connectivity index (χ3n) is 3.49. The summed E-state index contributed by atoms with van der Waals surface area (Å²) >= 11 is 1.88. The normalized spacial score (nSPS) is 11.5. The van der Waals surface area contributed by atoms with Crippen molar-refractivity contribution in [2.45, 2.75) is 52.0 Å². The van der Waals surface area contributed by atoms with Crippen LogP contribution in [0.5, 0.6) is 0 Å². The van der Waals surface area contributed by atoms with Gasteiger partial charge in [-0.1, -0.05) is 44.9 Å². The van der Waals surface area contributed by atoms with Gasteiger partial charge in [-0.15, -0.1) is 11.3 Å². The van der Waals surface area contributed by atoms with Gasteiger partial charge in [0.1, 0.15) is 0 Å². The van der Waals surface area contributed by atoms with E-state index >= 15 is 0 Å². The minimum Gasteiger partial charge on any atom is -0.315 e. The van der Waals surface area contributed by atoms with Crippen molar-refractivity contribution in [2.24, 2.45) is 0 Å². The van der Waals surface area contributed by atoms with Crippen LogP contribution in [0.1, 0.15) is 45.1 Å². The minimum atomic E-state index is 0.622. The number of thiophene rings is 1. The Morgan fingerprint density at radius 2 is 1.84 bits per heavy atom. The van der Waals surface area contributed by atoms with E-state index in [-0.39, 0.29) is 0 Å². The van der Waals surface area contributed by atoms with Gasteiger partial charge in [0.05, 0.1) is 0 Å². The molecule has 2 aromatic rings. The molecule has 0 spiro atoms. The second-order valence-corrected chi connectivity index (χ2v) is 6.44. The van der Waals surface area contributed by atoms with E-state index in [1.807, 2.05) is 11.3 Å². The summed E-state index contributed by atoms with van der Waals surface area (Å²) in [6, 6.07) is 9.38. The summed E-state index contributed by atoms with van der Waals surface area (Å²) in [5.74, 6) is 0. The van der Waals surface area contributed by atoms with E-state index in [9.17, 15) is 0 Å². The smallest absolute Gasteiger partial charge is 0.0345 e. The van der Waals surface area contributed by atoms with Crippen molar-refractivity contribution < 1.29 is 0 Å². The van der Waals surface area contributed by atoms with Gasteiger partial charge in [0.2, 0.25) is 0 Å². The van der Waals surface area contributed by atoms with Crippen LogP contribution in [-0.2, 0) is 6.42 Å². The molecular weight excluding hydrogens is 250 g/mol. The van der Waals surface area contributed by atoms with Crippen LogP contribution in [0.3, 0.4) is 0 Å². The van der Waals surface area contributed by atoms with Crippen molar-refractivity contribution in [1.82, 2.24) is 5.32 Å². The average Bonchev–Trinajstić information content (AvgIpc) is 2.81. The molecule has 1 nitrogen and oxygen atoms in total. The molecule has 0 fully saturated rings. The Morgan fingerprint density at radius 3 is 2.68 bits per heavy atom. The largest absolute Gasteiger partial charge is 0.315 e. The molecule has 1 aromatic heterocycles. The van der Waals surface area contributed by atoms with Gasteiger partial charge in [0.15, 0.2) is 0 Å². The van der Waals surface area contributed by atoms with E-state index in [0.717, 1.165) is 0 Å². The van der Waals surface area contributed by atoms with Gasteiger partial charge in [-0.25, -0.2) is 0 Å². The Morgan fingerprint density at radius 1 is 1.05 bits per heavy atom. The number of benzene rings is 1. The van der Waals surface area contributed by atoms with Crippen molar-refractivity contribution in [2.75, 3.05) is 6.54 Å². The van der Waals surface area contributed by atoms with Crippen molar-refractivity contribution in [3.63, 3.8) is 0 Å². The maximum Gasteiger partial charge on any atom is 0.0345 e. The average molecular weight is 275 g/mol. The van der Waals surface area contributed by atoms with E-state index in [1.165, 1.54) is 48.7 Å². The lowest BCUT2D eigenvalue weighted by Crippen LogP contribution is -2.23. The van der Waals surface area contributed by atoms with Crippen LogP contribution >= 0.6 is 11.3 Å². The molecule has 0 bridgehead atoms. The Hall–Kier alpha value is -0.860. The predicted octanol–water partition coefficient (Wildman–Crippen LogP) is 5.00. The highest BCUT2D eigenvalue weighted by atomic mass is 32.1. The molecule has 0 aliphatic heterocycles. The van der Waals surface area contributed by atoms with Gasteiger partial charge in [0, 0.05) is 10.7 Å². The highest BCUT2D eigenvalue weighted by Crippen LogP contribution is 2.26. The monoisotopic (exact) mass is 275 g/mol. The first-order valence-electron chi connectivity index (χ1n) is 7.46. The lowest BCUT2D eigenvalue weighted by Gasteiger charge is -2.07. The second-order valence-electron chi connectivity index (χ2n) is 5.53. The van der Waals surface area contributed by atoms with Crippen LogP contribution in [-0.4, -0.2) is 12.6 Å². The van der Waals surface area contributed by atoms with Gasteiger partial charge in [-0.3, -0.25) is 0 Å². The van der Waals surface area contributed by atoms with Crippen LogP contribution in [0, 0.1) is 0 Å². The SMILES string of the molecule is CC(C)NCCCCCCc1csc2ccccc12. The summed E-state index contributed by atoms with van der Waals surface area (Å²) in [5, 5.41) is 7.28. The fourth-order valence-corrected chi connectivity index (χ4v) is 3.41. The molecule has 1 heterocycles. The van der Waals surface area contributed by atoms with E-state index in [2.05, 4.69) is 48.8 Å². The molecule has 0 aliphatic rings. The first-order chi connectivity index (χ1) is 9.27. The fourth-order valence-electron chi connectivity index (χ4n) is 2.41. The molecule has 1 N–H and O–H groups in total. The summed E-state index contributed by atoms with van der Waals surface area (Å²) in [6.45, 7) is 5.59. The van der Waals surface area contributed by atoms with Crippen molar-refractivity contribution >= 4 is 21.4 Å². The molecule has 0 amide bonds. The molecule has 104 valence electrons. The van der Waals surface area contributed by atoms with Gasteiger partial charge < -0.3 is 5.32 Å². The molecule has 0 saturated carbocycles. The maximum atomic E-state index is 3.48. The van der Waals surface area contributed by atoms with E-state index in [4.69, 9.17) is 0 Å². The lowest BCUT2D eigenvalue weighted by molar-refractivity contribution is 0.542. The highest BCUT2D eigenvalue weighted by molar-refractivity contribution is 7.17. The summed E-state index contributed by atoms with van der Waals surface area (Å²) in [5.41, 5.74) is 1.54. The number of rotatable bonds is 8. The van der Waals surface area contributed by atoms with Gasteiger partial charge >= 0.3 is 0 Å². The number of hydrogen-bond acceptors (Lipinski definition) is 2. The van der Waals surface area contributed by atoms with Crippen LogP contribution in [0.2, 0.25) is 0 Å². The zero-order valence-corrected chi connectivity index (χ0v) is 12.9. The fraction of sp³-hybridized carbons (Fsp3) is 0.529. The summed E-state index contributed by atoms with van der Waals surface area (Å²) in [4.78, 5) is 0. The first kappa shape index (κ1) is 14.5. The number of nitrogens with one attached hydrogen (secondary N) is 1. The number of fused-ring (bicyclic) bond motifs is 1. The molecule has 19 heavy (non-hydrogen) atoms. The molecule has 2 heteroatoms. The molecule has 0 saturated heterocycles. The molecular formula is C17H25NS. The predicted molar refractivity (Wildman–Crippen MR) is 87.1 cm³/mol. The molecule has 0 radical (unpaired) electrons. The topological polar surface area (TPSA) is 12.0 Å². The maximum absolute atomic E-state index is 3.48. The molecule has 0 aliphatic carbocycles. The Balaban J connectivity index is 1.66.